The number of rotatable bonds is 5. The fourth-order valence-electron chi connectivity index (χ4n) is 4.14. The average molecular weight is 444 g/mol. The zero-order valence-corrected chi connectivity index (χ0v) is 17.5. The summed E-state index contributed by atoms with van der Waals surface area (Å²) in [5, 5.41) is 5.91. The summed E-state index contributed by atoms with van der Waals surface area (Å²) in [4.78, 5) is 24.0. The van der Waals surface area contributed by atoms with Gasteiger partial charge < -0.3 is 15.2 Å². The van der Waals surface area contributed by atoms with Crippen LogP contribution in [-0.4, -0.2) is 31.5 Å². The van der Waals surface area contributed by atoms with Crippen molar-refractivity contribution in [2.75, 3.05) is 10.6 Å². The molecule has 2 heterocycles. The molecule has 10 heteroatoms. The summed E-state index contributed by atoms with van der Waals surface area (Å²) in [5.41, 5.74) is 1.52. The molecule has 2 aromatic heterocycles. The van der Waals surface area contributed by atoms with Crippen LogP contribution in [0.4, 0.5) is 24.8 Å². The lowest BCUT2D eigenvalue weighted by atomic mass is 9.85. The van der Waals surface area contributed by atoms with Gasteiger partial charge in [0.15, 0.2) is 0 Å². The van der Waals surface area contributed by atoms with Crippen molar-refractivity contribution in [2.24, 2.45) is 7.05 Å². The third-order valence-electron chi connectivity index (χ3n) is 5.72. The number of alkyl halides is 3. The van der Waals surface area contributed by atoms with Crippen molar-refractivity contribution in [3.63, 3.8) is 0 Å². The first kappa shape index (κ1) is 21.8. The van der Waals surface area contributed by atoms with Gasteiger partial charge in [-0.2, -0.15) is 13.2 Å². The van der Waals surface area contributed by atoms with E-state index in [2.05, 4.69) is 31.7 Å². The maximum absolute atomic E-state index is 12.7. The highest BCUT2D eigenvalue weighted by Gasteiger charge is 2.32. The highest BCUT2D eigenvalue weighted by molar-refractivity contribution is 6.00. The van der Waals surface area contributed by atoms with Crippen LogP contribution < -0.4 is 10.6 Å². The number of benzene rings is 1. The van der Waals surface area contributed by atoms with Gasteiger partial charge in [-0.3, -0.25) is 4.79 Å². The molecule has 3 aromatic rings. The second-order valence-corrected chi connectivity index (χ2v) is 7.92. The zero-order chi connectivity index (χ0) is 22.9. The van der Waals surface area contributed by atoms with E-state index in [1.54, 1.807) is 0 Å². The van der Waals surface area contributed by atoms with Crippen LogP contribution in [0.25, 0.3) is 11.0 Å². The number of halogens is 3. The molecule has 0 saturated heterocycles. The summed E-state index contributed by atoms with van der Waals surface area (Å²) >= 11 is 0. The Bertz CT molecular complexity index is 1140. The van der Waals surface area contributed by atoms with Gasteiger partial charge in [-0.25, -0.2) is 15.0 Å². The zero-order valence-electron chi connectivity index (χ0n) is 17.5. The topological polar surface area (TPSA) is 84.7 Å². The normalized spacial score (nSPS) is 19.0. The molecule has 1 fully saturated rings. The Morgan fingerprint density at radius 3 is 2.69 bits per heavy atom. The van der Waals surface area contributed by atoms with E-state index in [-0.39, 0.29) is 23.8 Å². The van der Waals surface area contributed by atoms with E-state index in [9.17, 15) is 18.0 Å². The first-order valence-electron chi connectivity index (χ1n) is 10.3. The lowest BCUT2D eigenvalue weighted by molar-refractivity contribution is -0.138. The van der Waals surface area contributed by atoms with E-state index in [4.69, 9.17) is 4.98 Å². The molecular formula is C22H23F3N6O. The van der Waals surface area contributed by atoms with E-state index in [0.717, 1.165) is 54.9 Å². The van der Waals surface area contributed by atoms with E-state index < -0.39 is 11.7 Å². The standard InChI is InChI=1S/C22H23F3N6O/c1-3-19(32)28-16-7-8-18-17(10-16)30-20(31(18)2)13-5-4-6-15(9-13)29-21-26-11-14(12-27-21)22(23,24)25/h3,7-8,10-13,15H,1,4-6,9H2,2H3,(H,28,32)(H,26,27,29)/t13-,15+/m0/s1. The van der Waals surface area contributed by atoms with Crippen LogP contribution in [0.15, 0.2) is 43.2 Å². The minimum absolute atomic E-state index is 0.0349. The van der Waals surface area contributed by atoms with Crippen LogP contribution >= 0.6 is 0 Å². The Kier molecular flexibility index (Phi) is 5.86. The van der Waals surface area contributed by atoms with Gasteiger partial charge in [0.1, 0.15) is 5.82 Å². The van der Waals surface area contributed by atoms with Gasteiger partial charge in [-0.1, -0.05) is 13.0 Å². The number of carbonyl (C=O) groups excluding carboxylic acids is 1. The van der Waals surface area contributed by atoms with Crippen molar-refractivity contribution in [1.29, 1.82) is 0 Å². The summed E-state index contributed by atoms with van der Waals surface area (Å²) in [6.45, 7) is 3.45. The lowest BCUT2D eigenvalue weighted by Gasteiger charge is -2.29. The van der Waals surface area contributed by atoms with Crippen LogP contribution in [0.5, 0.6) is 0 Å². The number of aryl methyl sites for hydroxylation is 1. The maximum Gasteiger partial charge on any atom is 0.419 e. The molecule has 1 aromatic carbocycles. The van der Waals surface area contributed by atoms with Gasteiger partial charge in [-0.05, 0) is 43.5 Å². The number of hydrogen-bond donors (Lipinski definition) is 2. The van der Waals surface area contributed by atoms with E-state index in [0.29, 0.717) is 5.69 Å². The van der Waals surface area contributed by atoms with Crippen LogP contribution in [0.3, 0.4) is 0 Å². The summed E-state index contributed by atoms with van der Waals surface area (Å²) in [6.07, 6.45) is 1.90. The minimum atomic E-state index is -4.46. The third-order valence-corrected chi connectivity index (χ3v) is 5.72. The Hall–Kier alpha value is -3.43. The molecule has 0 aliphatic heterocycles. The maximum atomic E-state index is 12.7. The number of hydrogen-bond acceptors (Lipinski definition) is 5. The van der Waals surface area contributed by atoms with Gasteiger partial charge in [0.25, 0.3) is 0 Å². The van der Waals surface area contributed by atoms with E-state index in [1.165, 1.54) is 6.08 Å². The van der Waals surface area contributed by atoms with Gasteiger partial charge >= 0.3 is 6.18 Å². The first-order chi connectivity index (χ1) is 15.2. The molecule has 168 valence electrons. The number of anilines is 2. The molecule has 7 nitrogen and oxygen atoms in total. The number of aromatic nitrogens is 4. The highest BCUT2D eigenvalue weighted by atomic mass is 19.4. The first-order valence-corrected chi connectivity index (χ1v) is 10.3. The molecule has 1 saturated carbocycles. The third kappa shape index (κ3) is 4.58. The Labute approximate surface area is 182 Å². The lowest BCUT2D eigenvalue weighted by Crippen LogP contribution is -2.28. The fraction of sp³-hybridized carbons (Fsp3) is 0.364. The number of imidazole rings is 1. The quantitative estimate of drug-likeness (QED) is 0.560. The minimum Gasteiger partial charge on any atom is -0.351 e. The van der Waals surface area contributed by atoms with E-state index in [1.807, 2.05) is 25.2 Å². The van der Waals surface area contributed by atoms with Crippen LogP contribution in [0.2, 0.25) is 0 Å². The number of amides is 1. The van der Waals surface area contributed by atoms with Gasteiger partial charge in [-0.15, -0.1) is 0 Å². The molecule has 32 heavy (non-hydrogen) atoms. The molecule has 0 unspecified atom stereocenters. The summed E-state index contributed by atoms with van der Waals surface area (Å²) < 4.78 is 40.2. The molecule has 0 radical (unpaired) electrons. The van der Waals surface area contributed by atoms with Gasteiger partial charge in [0.05, 0.1) is 16.6 Å². The van der Waals surface area contributed by atoms with Crippen molar-refractivity contribution in [2.45, 2.75) is 43.8 Å². The van der Waals surface area contributed by atoms with Crippen molar-refractivity contribution in [3.05, 3.63) is 54.6 Å². The Morgan fingerprint density at radius 2 is 2.00 bits per heavy atom. The van der Waals surface area contributed by atoms with Crippen molar-refractivity contribution < 1.29 is 18.0 Å². The average Bonchev–Trinajstić information content (AvgIpc) is 3.09. The van der Waals surface area contributed by atoms with Crippen LogP contribution in [0, 0.1) is 0 Å². The summed E-state index contributed by atoms with van der Waals surface area (Å²) in [6, 6.07) is 5.60. The summed E-state index contributed by atoms with van der Waals surface area (Å²) in [7, 11) is 1.96. The molecule has 4 rings (SSSR count). The molecule has 1 amide bonds. The molecule has 2 atom stereocenters. The number of fused-ring (bicyclic) bond motifs is 1. The highest BCUT2D eigenvalue weighted by Crippen LogP contribution is 2.35. The molecule has 0 spiro atoms. The van der Waals surface area contributed by atoms with Crippen LogP contribution in [0.1, 0.15) is 43.0 Å². The Morgan fingerprint density at radius 1 is 1.25 bits per heavy atom. The van der Waals surface area contributed by atoms with Crippen molar-refractivity contribution >= 4 is 28.6 Å². The number of nitrogens with one attached hydrogen (secondary N) is 2. The largest absolute Gasteiger partial charge is 0.419 e. The molecule has 2 N–H and O–H groups in total. The smallest absolute Gasteiger partial charge is 0.351 e. The predicted octanol–water partition coefficient (Wildman–Crippen LogP) is 4.64. The second kappa shape index (κ2) is 8.60. The van der Waals surface area contributed by atoms with Gasteiger partial charge in [0, 0.05) is 37.1 Å². The van der Waals surface area contributed by atoms with Crippen molar-refractivity contribution in [1.82, 2.24) is 19.5 Å². The predicted molar refractivity (Wildman–Crippen MR) is 115 cm³/mol. The second-order valence-electron chi connectivity index (χ2n) is 7.92. The number of carbonyl (C=O) groups is 1. The molecule has 0 bridgehead atoms. The van der Waals surface area contributed by atoms with Crippen molar-refractivity contribution in [3.8, 4) is 0 Å². The Balaban J connectivity index is 1.49. The molecular weight excluding hydrogens is 421 g/mol. The monoisotopic (exact) mass is 444 g/mol. The number of nitrogens with zero attached hydrogens (tertiary/aromatic N) is 4. The fourth-order valence-corrected chi connectivity index (χ4v) is 4.14. The van der Waals surface area contributed by atoms with E-state index >= 15 is 0 Å². The molecule has 1 aliphatic carbocycles. The SMILES string of the molecule is C=CC(=O)Nc1ccc2c(c1)nc([C@H]1CCC[C@@H](Nc3ncc(C(F)(F)F)cn3)C1)n2C. The molecule has 1 aliphatic rings. The van der Waals surface area contributed by atoms with Gasteiger partial charge in [0.2, 0.25) is 11.9 Å². The van der Waals surface area contributed by atoms with Crippen LogP contribution in [-0.2, 0) is 18.0 Å². The summed E-state index contributed by atoms with van der Waals surface area (Å²) in [5.74, 6) is 1.02.